The lowest BCUT2D eigenvalue weighted by Crippen LogP contribution is -2.59. The zero-order valence-corrected chi connectivity index (χ0v) is 23.6. The number of rotatable bonds is 9. The molecule has 2 heterocycles. The highest BCUT2D eigenvalue weighted by Crippen LogP contribution is 2.37. The summed E-state index contributed by atoms with van der Waals surface area (Å²) in [5.41, 5.74) is 0.769. The number of hydrogen-bond acceptors (Lipinski definition) is 7. The first-order valence-electron chi connectivity index (χ1n) is 13.4. The minimum atomic E-state index is -1.27. The number of carbonyl (C=O) groups excluding carboxylic acids is 3. The molecular formula is C31H28F2N4O6. The number of halogens is 2. The van der Waals surface area contributed by atoms with Gasteiger partial charge in [0.15, 0.2) is 23.1 Å². The summed E-state index contributed by atoms with van der Waals surface area (Å²) in [6, 6.07) is 13.0. The minimum absolute atomic E-state index is 0.0842. The number of methoxy groups -OCH3 is 2. The molecule has 1 unspecified atom stereocenters. The molecule has 1 aromatic heterocycles. The second-order valence-corrected chi connectivity index (χ2v) is 9.70. The van der Waals surface area contributed by atoms with Gasteiger partial charge in [-0.2, -0.15) is 0 Å². The number of anilines is 2. The van der Waals surface area contributed by atoms with Crippen molar-refractivity contribution in [2.75, 3.05) is 37.5 Å². The van der Waals surface area contributed by atoms with Crippen molar-refractivity contribution in [2.24, 2.45) is 5.92 Å². The fourth-order valence-electron chi connectivity index (χ4n) is 4.79. The zero-order valence-electron chi connectivity index (χ0n) is 23.6. The number of nitrogens with one attached hydrogen (secondary N) is 1. The van der Waals surface area contributed by atoms with Crippen LogP contribution < -0.4 is 24.4 Å². The summed E-state index contributed by atoms with van der Waals surface area (Å²) in [4.78, 5) is 46.2. The molecule has 5 rings (SSSR count). The monoisotopic (exact) mass is 590 g/mol. The van der Waals surface area contributed by atoms with E-state index in [4.69, 9.17) is 14.2 Å². The Kier molecular flexibility index (Phi) is 8.37. The molecule has 0 radical (unpaired) electrons. The largest absolute Gasteiger partial charge is 0.493 e. The van der Waals surface area contributed by atoms with E-state index in [0.29, 0.717) is 41.1 Å². The third-order valence-corrected chi connectivity index (χ3v) is 6.90. The Morgan fingerprint density at radius 2 is 1.67 bits per heavy atom. The lowest BCUT2D eigenvalue weighted by molar-refractivity contribution is -0.132. The van der Waals surface area contributed by atoms with Crippen LogP contribution in [-0.4, -0.2) is 55.0 Å². The molecule has 1 aliphatic heterocycles. The van der Waals surface area contributed by atoms with Gasteiger partial charge >= 0.3 is 6.03 Å². The predicted octanol–water partition coefficient (Wildman–Crippen LogP) is 5.76. The van der Waals surface area contributed by atoms with E-state index in [1.165, 1.54) is 49.6 Å². The minimum Gasteiger partial charge on any atom is -0.493 e. The first-order valence-corrected chi connectivity index (χ1v) is 13.4. The summed E-state index contributed by atoms with van der Waals surface area (Å²) in [6.07, 6.45) is 2.10. The summed E-state index contributed by atoms with van der Waals surface area (Å²) in [5, 5.41) is 3.13. The van der Waals surface area contributed by atoms with Gasteiger partial charge in [-0.1, -0.05) is 6.92 Å². The van der Waals surface area contributed by atoms with Gasteiger partial charge in [0.25, 0.3) is 0 Å². The van der Waals surface area contributed by atoms with Crippen LogP contribution in [0.15, 0.2) is 66.9 Å². The number of carbonyl (C=O) groups is 3. The molecule has 1 fully saturated rings. The van der Waals surface area contributed by atoms with E-state index in [0.717, 1.165) is 23.1 Å². The third-order valence-electron chi connectivity index (χ3n) is 6.90. The summed E-state index contributed by atoms with van der Waals surface area (Å²) < 4.78 is 45.2. The smallest absolute Gasteiger partial charge is 0.331 e. The number of aromatic nitrogens is 1. The van der Waals surface area contributed by atoms with Gasteiger partial charge in [0, 0.05) is 42.5 Å². The molecular weight excluding hydrogens is 562 g/mol. The van der Waals surface area contributed by atoms with Crippen LogP contribution in [0.4, 0.5) is 25.0 Å². The van der Waals surface area contributed by atoms with Crippen molar-refractivity contribution in [3.05, 3.63) is 78.5 Å². The second-order valence-electron chi connectivity index (χ2n) is 9.70. The number of pyridine rings is 1. The van der Waals surface area contributed by atoms with E-state index in [1.807, 2.05) is 6.92 Å². The first-order chi connectivity index (χ1) is 20.7. The van der Waals surface area contributed by atoms with Crippen molar-refractivity contribution >= 4 is 40.1 Å². The van der Waals surface area contributed by atoms with Gasteiger partial charge in [-0.25, -0.2) is 18.5 Å². The van der Waals surface area contributed by atoms with Crippen molar-refractivity contribution < 1.29 is 37.4 Å². The average molecular weight is 591 g/mol. The maximum absolute atomic E-state index is 15.2. The Morgan fingerprint density at radius 3 is 2.35 bits per heavy atom. The normalized spacial score (nSPS) is 15.0. The Morgan fingerprint density at radius 1 is 0.953 bits per heavy atom. The standard InChI is InChI=1S/C31H28F2N4O6/c1-4-13-36-17-22(30(39)37(31(36)40)20-8-5-18(32)6-9-20)29(38)35-19-7-10-26(23(33)14-19)43-25-11-12-34-24-16-28(42-3)27(41-2)15-21(24)25/h5-12,14-16,22H,4,13,17H2,1-3H3,(H,35,38). The molecule has 3 aromatic carbocycles. The molecule has 222 valence electrons. The van der Waals surface area contributed by atoms with Crippen LogP contribution in [0.25, 0.3) is 10.9 Å². The number of imide groups is 1. The second kappa shape index (κ2) is 12.3. The van der Waals surface area contributed by atoms with Crippen LogP contribution in [0, 0.1) is 17.6 Å². The Balaban J connectivity index is 1.36. The van der Waals surface area contributed by atoms with Crippen molar-refractivity contribution in [2.45, 2.75) is 13.3 Å². The molecule has 0 saturated carbocycles. The fraction of sp³-hybridized carbons (Fsp3) is 0.226. The van der Waals surface area contributed by atoms with E-state index in [9.17, 15) is 18.8 Å². The maximum Gasteiger partial charge on any atom is 0.331 e. The molecule has 1 saturated heterocycles. The summed E-state index contributed by atoms with van der Waals surface area (Å²) in [6.45, 7) is 2.01. The maximum atomic E-state index is 15.2. The summed E-state index contributed by atoms with van der Waals surface area (Å²) >= 11 is 0. The van der Waals surface area contributed by atoms with Crippen LogP contribution in [-0.2, 0) is 9.59 Å². The molecule has 0 bridgehead atoms. The van der Waals surface area contributed by atoms with E-state index >= 15 is 4.39 Å². The van der Waals surface area contributed by atoms with Gasteiger partial charge in [-0.3, -0.25) is 14.6 Å². The number of fused-ring (bicyclic) bond motifs is 1. The number of nitrogens with zero attached hydrogens (tertiary/aromatic N) is 3. The van der Waals surface area contributed by atoms with Gasteiger partial charge in [0.05, 0.1) is 25.4 Å². The van der Waals surface area contributed by atoms with Crippen LogP contribution in [0.1, 0.15) is 13.3 Å². The van der Waals surface area contributed by atoms with Crippen LogP contribution in [0.3, 0.4) is 0 Å². The molecule has 1 N–H and O–H groups in total. The molecule has 10 nitrogen and oxygen atoms in total. The zero-order chi connectivity index (χ0) is 30.7. The highest BCUT2D eigenvalue weighted by atomic mass is 19.1. The van der Waals surface area contributed by atoms with Crippen LogP contribution in [0.2, 0.25) is 0 Å². The van der Waals surface area contributed by atoms with Gasteiger partial charge in [-0.05, 0) is 55.0 Å². The number of hydrogen-bond donors (Lipinski definition) is 1. The van der Waals surface area contributed by atoms with E-state index in [1.54, 1.807) is 18.2 Å². The highest BCUT2D eigenvalue weighted by Gasteiger charge is 2.43. The molecule has 0 spiro atoms. The van der Waals surface area contributed by atoms with E-state index in [-0.39, 0.29) is 23.7 Å². The molecule has 0 aliphatic carbocycles. The molecule has 4 aromatic rings. The predicted molar refractivity (Wildman–Crippen MR) is 155 cm³/mol. The van der Waals surface area contributed by atoms with E-state index < -0.39 is 35.4 Å². The SMILES string of the molecule is CCCN1CC(C(=O)Nc2ccc(Oc3ccnc4cc(OC)c(OC)cc34)c(F)c2)C(=O)N(c2ccc(F)cc2)C1=O. The number of urea groups is 1. The van der Waals surface area contributed by atoms with Crippen molar-refractivity contribution in [3.8, 4) is 23.0 Å². The number of amides is 4. The quantitative estimate of drug-likeness (QED) is 0.247. The van der Waals surface area contributed by atoms with Gasteiger partial charge in [0.2, 0.25) is 11.8 Å². The third kappa shape index (κ3) is 5.89. The number of benzene rings is 3. The fourth-order valence-corrected chi connectivity index (χ4v) is 4.79. The molecule has 12 heteroatoms. The average Bonchev–Trinajstić information content (AvgIpc) is 3.00. The lowest BCUT2D eigenvalue weighted by Gasteiger charge is -2.37. The van der Waals surface area contributed by atoms with Crippen molar-refractivity contribution in [3.63, 3.8) is 0 Å². The molecule has 43 heavy (non-hydrogen) atoms. The molecule has 4 amide bonds. The Labute approximate surface area is 245 Å². The topological polar surface area (TPSA) is 110 Å². The van der Waals surface area contributed by atoms with Gasteiger partial charge in [-0.15, -0.1) is 0 Å². The summed E-state index contributed by atoms with van der Waals surface area (Å²) in [7, 11) is 3.00. The van der Waals surface area contributed by atoms with Crippen molar-refractivity contribution in [1.29, 1.82) is 0 Å². The van der Waals surface area contributed by atoms with Gasteiger partial charge < -0.3 is 24.4 Å². The van der Waals surface area contributed by atoms with E-state index in [2.05, 4.69) is 10.3 Å². The Hall–Kier alpha value is -5.26. The first kappa shape index (κ1) is 29.2. The van der Waals surface area contributed by atoms with Gasteiger partial charge in [0.1, 0.15) is 17.5 Å². The highest BCUT2D eigenvalue weighted by molar-refractivity contribution is 6.23. The number of ether oxygens (including phenoxy) is 3. The molecule has 1 atom stereocenters. The lowest BCUT2D eigenvalue weighted by atomic mass is 10.0. The Bertz CT molecular complexity index is 1700. The summed E-state index contributed by atoms with van der Waals surface area (Å²) in [5.74, 6) is -2.94. The molecule has 1 aliphatic rings. The van der Waals surface area contributed by atoms with Crippen LogP contribution >= 0.6 is 0 Å². The van der Waals surface area contributed by atoms with Crippen molar-refractivity contribution in [1.82, 2.24) is 9.88 Å². The van der Waals surface area contributed by atoms with Crippen LogP contribution in [0.5, 0.6) is 23.0 Å².